The van der Waals surface area contributed by atoms with E-state index in [2.05, 4.69) is 0 Å². The summed E-state index contributed by atoms with van der Waals surface area (Å²) in [5.74, 6) is 0.0542. The Morgan fingerprint density at radius 1 is 1.39 bits per heavy atom. The molecule has 1 aliphatic rings. The van der Waals surface area contributed by atoms with Gasteiger partial charge >= 0.3 is 5.69 Å². The number of carbonyl (C=O) groups excluding carboxylic acids is 1. The van der Waals surface area contributed by atoms with E-state index < -0.39 is 11.2 Å². The lowest BCUT2D eigenvalue weighted by Gasteiger charge is -2.34. The molecule has 0 radical (unpaired) electrons. The van der Waals surface area contributed by atoms with E-state index in [1.165, 1.54) is 18.2 Å². The summed E-state index contributed by atoms with van der Waals surface area (Å²) in [6, 6.07) is 4.02. The van der Waals surface area contributed by atoms with Gasteiger partial charge in [-0.15, -0.1) is 0 Å². The van der Waals surface area contributed by atoms with Crippen LogP contribution in [0, 0.1) is 10.1 Å². The van der Waals surface area contributed by atoms with Crippen LogP contribution in [0.4, 0.5) is 5.69 Å². The maximum atomic E-state index is 11.1. The number of methoxy groups -OCH3 is 2. The van der Waals surface area contributed by atoms with Crippen molar-refractivity contribution in [2.45, 2.75) is 31.3 Å². The Labute approximate surface area is 133 Å². The summed E-state index contributed by atoms with van der Waals surface area (Å²) in [6.45, 7) is 0.381. The third kappa shape index (κ3) is 4.47. The molecular formula is C15H19NO7. The molecule has 0 aliphatic carbocycles. The van der Waals surface area contributed by atoms with Gasteiger partial charge in [0.25, 0.3) is 0 Å². The van der Waals surface area contributed by atoms with Crippen molar-refractivity contribution in [3.63, 3.8) is 0 Å². The van der Waals surface area contributed by atoms with Gasteiger partial charge in [-0.25, -0.2) is 0 Å². The highest BCUT2D eigenvalue weighted by molar-refractivity contribution is 5.77. The molecule has 3 unspecified atom stereocenters. The van der Waals surface area contributed by atoms with Crippen LogP contribution in [0.1, 0.15) is 23.2 Å². The van der Waals surface area contributed by atoms with Gasteiger partial charge in [0.2, 0.25) is 6.29 Å². The van der Waals surface area contributed by atoms with Gasteiger partial charge in [0.05, 0.1) is 23.7 Å². The third-order valence-corrected chi connectivity index (χ3v) is 3.59. The molecule has 0 saturated carbocycles. The summed E-state index contributed by atoms with van der Waals surface area (Å²) in [7, 11) is 3.16. The van der Waals surface area contributed by atoms with Gasteiger partial charge in [-0.2, -0.15) is 0 Å². The van der Waals surface area contributed by atoms with Crippen molar-refractivity contribution in [3.05, 3.63) is 33.9 Å². The normalized spacial score (nSPS) is 24.2. The Morgan fingerprint density at radius 3 is 2.78 bits per heavy atom. The first-order chi connectivity index (χ1) is 11.1. The molecule has 23 heavy (non-hydrogen) atoms. The van der Waals surface area contributed by atoms with Crippen LogP contribution in [0.15, 0.2) is 18.2 Å². The van der Waals surface area contributed by atoms with Crippen molar-refractivity contribution in [2.24, 2.45) is 0 Å². The van der Waals surface area contributed by atoms with Gasteiger partial charge in [0, 0.05) is 38.7 Å². The standard InChI is InChI=1S/C15H19NO7/c1-20-9-12-6-11(21-2)7-15(22-12)23-14-4-3-10(8-17)5-13(14)16(18)19/h3-5,8,11-12,15H,6-7,9H2,1-2H3. The van der Waals surface area contributed by atoms with Gasteiger partial charge in [0.1, 0.15) is 6.29 Å². The van der Waals surface area contributed by atoms with Crippen molar-refractivity contribution >= 4 is 12.0 Å². The van der Waals surface area contributed by atoms with Crippen LogP contribution in [0.2, 0.25) is 0 Å². The Bertz CT molecular complexity index is 563. The van der Waals surface area contributed by atoms with Crippen LogP contribution >= 0.6 is 0 Å². The molecule has 1 fully saturated rings. The molecule has 2 rings (SSSR count). The quantitative estimate of drug-likeness (QED) is 0.429. The zero-order valence-corrected chi connectivity index (χ0v) is 13.0. The fourth-order valence-electron chi connectivity index (χ4n) is 2.48. The molecule has 0 bridgehead atoms. The summed E-state index contributed by atoms with van der Waals surface area (Å²) >= 11 is 0. The highest BCUT2D eigenvalue weighted by Crippen LogP contribution is 2.31. The number of nitro benzene ring substituents is 1. The second-order valence-electron chi connectivity index (χ2n) is 5.19. The number of carbonyl (C=O) groups is 1. The van der Waals surface area contributed by atoms with Gasteiger partial charge in [-0.05, 0) is 12.1 Å². The first-order valence-corrected chi connectivity index (χ1v) is 7.14. The third-order valence-electron chi connectivity index (χ3n) is 3.59. The van der Waals surface area contributed by atoms with E-state index in [1.807, 2.05) is 0 Å². The molecule has 8 nitrogen and oxygen atoms in total. The Balaban J connectivity index is 2.16. The molecule has 0 amide bonds. The molecule has 1 heterocycles. The number of rotatable bonds is 7. The fraction of sp³-hybridized carbons (Fsp3) is 0.533. The van der Waals surface area contributed by atoms with Crippen molar-refractivity contribution in [2.75, 3.05) is 20.8 Å². The number of hydrogen-bond donors (Lipinski definition) is 0. The van der Waals surface area contributed by atoms with Crippen LogP contribution < -0.4 is 4.74 Å². The van der Waals surface area contributed by atoms with E-state index in [-0.39, 0.29) is 29.2 Å². The molecule has 126 valence electrons. The van der Waals surface area contributed by atoms with E-state index in [9.17, 15) is 14.9 Å². The topological polar surface area (TPSA) is 97.1 Å². The summed E-state index contributed by atoms with van der Waals surface area (Å²) in [5.41, 5.74) is -0.0679. The molecule has 0 N–H and O–H groups in total. The van der Waals surface area contributed by atoms with Crippen molar-refractivity contribution in [1.82, 2.24) is 0 Å². The van der Waals surface area contributed by atoms with Gasteiger partial charge in [0.15, 0.2) is 5.75 Å². The van der Waals surface area contributed by atoms with Gasteiger partial charge < -0.3 is 18.9 Å². The Kier molecular flexibility index (Phi) is 6.03. The minimum Gasteiger partial charge on any atom is -0.458 e. The predicted molar refractivity (Wildman–Crippen MR) is 79.7 cm³/mol. The average molecular weight is 325 g/mol. The number of benzene rings is 1. The van der Waals surface area contributed by atoms with Crippen LogP contribution in [0.5, 0.6) is 5.75 Å². The van der Waals surface area contributed by atoms with Crippen LogP contribution in [-0.4, -0.2) is 50.5 Å². The lowest BCUT2D eigenvalue weighted by Crippen LogP contribution is -2.41. The van der Waals surface area contributed by atoms with E-state index in [4.69, 9.17) is 18.9 Å². The lowest BCUT2D eigenvalue weighted by atomic mass is 10.1. The Hall–Kier alpha value is -2.03. The van der Waals surface area contributed by atoms with Crippen LogP contribution in [0.3, 0.4) is 0 Å². The first-order valence-electron chi connectivity index (χ1n) is 7.14. The predicted octanol–water partition coefficient (Wildman–Crippen LogP) is 1.95. The Morgan fingerprint density at radius 2 is 2.17 bits per heavy atom. The van der Waals surface area contributed by atoms with E-state index in [1.54, 1.807) is 14.2 Å². The molecule has 1 aromatic carbocycles. The monoisotopic (exact) mass is 325 g/mol. The number of hydrogen-bond acceptors (Lipinski definition) is 7. The number of aldehydes is 1. The highest BCUT2D eigenvalue weighted by Gasteiger charge is 2.32. The first kappa shape index (κ1) is 17.3. The van der Waals surface area contributed by atoms with E-state index in [0.29, 0.717) is 25.7 Å². The van der Waals surface area contributed by atoms with Crippen LogP contribution in [-0.2, 0) is 14.2 Å². The van der Waals surface area contributed by atoms with E-state index in [0.717, 1.165) is 0 Å². The lowest BCUT2D eigenvalue weighted by molar-refractivity contribution is -0.386. The van der Waals surface area contributed by atoms with Crippen molar-refractivity contribution in [3.8, 4) is 5.75 Å². The smallest absolute Gasteiger partial charge is 0.311 e. The summed E-state index contributed by atoms with van der Waals surface area (Å²) < 4.78 is 21.8. The molecule has 3 atom stereocenters. The molecule has 0 aromatic heterocycles. The van der Waals surface area contributed by atoms with E-state index >= 15 is 0 Å². The van der Waals surface area contributed by atoms with Crippen molar-refractivity contribution in [1.29, 1.82) is 0 Å². The molecular weight excluding hydrogens is 306 g/mol. The maximum Gasteiger partial charge on any atom is 0.311 e. The molecule has 1 aromatic rings. The number of nitro groups is 1. The fourth-order valence-corrected chi connectivity index (χ4v) is 2.48. The largest absolute Gasteiger partial charge is 0.458 e. The zero-order valence-electron chi connectivity index (χ0n) is 13.0. The van der Waals surface area contributed by atoms with Gasteiger partial charge in [-0.3, -0.25) is 14.9 Å². The summed E-state index contributed by atoms with van der Waals surface area (Å²) in [5, 5.41) is 11.1. The second kappa shape index (κ2) is 8.00. The second-order valence-corrected chi connectivity index (χ2v) is 5.19. The minimum atomic E-state index is -0.686. The van der Waals surface area contributed by atoms with Crippen molar-refractivity contribution < 1.29 is 28.7 Å². The molecule has 1 aliphatic heterocycles. The zero-order chi connectivity index (χ0) is 16.8. The highest BCUT2D eigenvalue weighted by atomic mass is 16.7. The SMILES string of the molecule is COCC1CC(OC)CC(Oc2ccc(C=O)cc2[N+](=O)[O-])O1. The average Bonchev–Trinajstić information content (AvgIpc) is 2.55. The minimum absolute atomic E-state index is 0.0542. The number of ether oxygens (including phenoxy) is 4. The molecule has 1 saturated heterocycles. The number of nitrogens with zero attached hydrogens (tertiary/aromatic N) is 1. The summed E-state index contributed by atoms with van der Waals surface area (Å²) in [6.07, 6.45) is 0.678. The molecule has 0 spiro atoms. The van der Waals surface area contributed by atoms with Crippen LogP contribution in [0.25, 0.3) is 0 Å². The molecule has 8 heteroatoms. The maximum absolute atomic E-state index is 11.1. The summed E-state index contributed by atoms with van der Waals surface area (Å²) in [4.78, 5) is 21.3. The van der Waals surface area contributed by atoms with Gasteiger partial charge in [-0.1, -0.05) is 0 Å².